The summed E-state index contributed by atoms with van der Waals surface area (Å²) in [4.78, 5) is 13.4. The molecule has 0 radical (unpaired) electrons. The first kappa shape index (κ1) is 16.7. The third-order valence-corrected chi connectivity index (χ3v) is 4.28. The van der Waals surface area contributed by atoms with Crippen LogP contribution in [-0.4, -0.2) is 14.7 Å². The van der Waals surface area contributed by atoms with Gasteiger partial charge in [-0.25, -0.2) is 4.21 Å². The molecule has 8 heteroatoms. The second kappa shape index (κ2) is 7.57. The molecule has 22 heavy (non-hydrogen) atoms. The van der Waals surface area contributed by atoms with Crippen LogP contribution < -0.4 is 10.0 Å². The van der Waals surface area contributed by atoms with Gasteiger partial charge in [0.05, 0.1) is 6.04 Å². The SMILES string of the molecule is CC(C)CC(NC(=O)c1ccc(NS(=O)O)o1)c1cccs1. The molecule has 0 bridgehead atoms. The first-order valence-electron chi connectivity index (χ1n) is 6.77. The lowest BCUT2D eigenvalue weighted by Crippen LogP contribution is -2.28. The number of amides is 1. The number of anilines is 1. The van der Waals surface area contributed by atoms with Gasteiger partial charge in [0.1, 0.15) is 0 Å². The summed E-state index contributed by atoms with van der Waals surface area (Å²) in [5.41, 5.74) is 0. The third-order valence-electron chi connectivity index (χ3n) is 2.92. The van der Waals surface area contributed by atoms with Crippen molar-refractivity contribution in [3.63, 3.8) is 0 Å². The highest BCUT2D eigenvalue weighted by Gasteiger charge is 2.20. The average Bonchev–Trinajstić information content (AvgIpc) is 3.07. The number of hydrogen-bond acceptors (Lipinski definition) is 4. The monoisotopic (exact) mass is 342 g/mol. The van der Waals surface area contributed by atoms with E-state index < -0.39 is 11.3 Å². The molecule has 3 N–H and O–H groups in total. The molecule has 1 amide bonds. The smallest absolute Gasteiger partial charge is 0.287 e. The second-order valence-electron chi connectivity index (χ2n) is 5.19. The van der Waals surface area contributed by atoms with Crippen LogP contribution in [0, 0.1) is 5.92 Å². The molecule has 0 saturated carbocycles. The van der Waals surface area contributed by atoms with Crippen molar-refractivity contribution < 1.29 is 18.0 Å². The molecule has 2 aromatic rings. The Balaban J connectivity index is 2.07. The van der Waals surface area contributed by atoms with Crippen molar-refractivity contribution >= 4 is 34.4 Å². The zero-order valence-corrected chi connectivity index (χ0v) is 13.9. The van der Waals surface area contributed by atoms with Gasteiger partial charge in [-0.15, -0.1) is 11.3 Å². The predicted octanol–water partition coefficient (Wildman–Crippen LogP) is 3.41. The van der Waals surface area contributed by atoms with Gasteiger partial charge in [0.2, 0.25) is 5.88 Å². The highest BCUT2D eigenvalue weighted by atomic mass is 32.2. The van der Waals surface area contributed by atoms with Crippen molar-refractivity contribution in [2.24, 2.45) is 5.92 Å². The van der Waals surface area contributed by atoms with E-state index in [1.165, 1.54) is 12.1 Å². The first-order valence-corrected chi connectivity index (χ1v) is 8.76. The number of furan rings is 1. The lowest BCUT2D eigenvalue weighted by Gasteiger charge is -2.18. The Morgan fingerprint density at radius 1 is 1.41 bits per heavy atom. The topological polar surface area (TPSA) is 91.6 Å². The van der Waals surface area contributed by atoms with Crippen molar-refractivity contribution in [2.75, 3.05) is 4.72 Å². The number of hydrogen-bond donors (Lipinski definition) is 3. The van der Waals surface area contributed by atoms with Gasteiger partial charge in [0.15, 0.2) is 5.76 Å². The summed E-state index contributed by atoms with van der Waals surface area (Å²) in [6.07, 6.45) is 0.818. The summed E-state index contributed by atoms with van der Waals surface area (Å²) >= 11 is -0.640. The van der Waals surface area contributed by atoms with Crippen molar-refractivity contribution in [1.29, 1.82) is 0 Å². The van der Waals surface area contributed by atoms with E-state index in [4.69, 9.17) is 8.97 Å². The molecular formula is C14H18N2O4S2. The van der Waals surface area contributed by atoms with Gasteiger partial charge in [-0.3, -0.25) is 14.1 Å². The molecule has 2 unspecified atom stereocenters. The molecule has 120 valence electrons. The van der Waals surface area contributed by atoms with Crippen molar-refractivity contribution in [1.82, 2.24) is 5.32 Å². The average molecular weight is 342 g/mol. The molecule has 2 heterocycles. The second-order valence-corrected chi connectivity index (χ2v) is 6.87. The predicted molar refractivity (Wildman–Crippen MR) is 87.1 cm³/mol. The van der Waals surface area contributed by atoms with E-state index in [1.54, 1.807) is 11.3 Å². The molecule has 0 aliphatic carbocycles. The van der Waals surface area contributed by atoms with Crippen LogP contribution in [0.3, 0.4) is 0 Å². The van der Waals surface area contributed by atoms with Crippen molar-refractivity contribution in [2.45, 2.75) is 26.3 Å². The van der Waals surface area contributed by atoms with E-state index in [-0.39, 0.29) is 23.6 Å². The molecule has 0 fully saturated rings. The maximum atomic E-state index is 12.3. The van der Waals surface area contributed by atoms with Gasteiger partial charge in [0.25, 0.3) is 17.2 Å². The van der Waals surface area contributed by atoms with Crippen molar-refractivity contribution in [3.05, 3.63) is 40.3 Å². The third kappa shape index (κ3) is 4.69. The van der Waals surface area contributed by atoms with Crippen LogP contribution in [-0.2, 0) is 11.3 Å². The number of thiophene rings is 1. The van der Waals surface area contributed by atoms with Crippen LogP contribution in [0.25, 0.3) is 0 Å². The highest BCUT2D eigenvalue weighted by molar-refractivity contribution is 7.80. The minimum atomic E-state index is -2.23. The minimum absolute atomic E-state index is 0.0718. The molecule has 0 aromatic carbocycles. The van der Waals surface area contributed by atoms with E-state index in [9.17, 15) is 9.00 Å². The van der Waals surface area contributed by atoms with E-state index in [2.05, 4.69) is 23.9 Å². The Hall–Kier alpha value is -1.64. The molecule has 0 spiro atoms. The summed E-state index contributed by atoms with van der Waals surface area (Å²) in [6, 6.07) is 6.75. The van der Waals surface area contributed by atoms with Crippen LogP contribution in [0.1, 0.15) is 41.7 Å². The maximum absolute atomic E-state index is 12.3. The van der Waals surface area contributed by atoms with Gasteiger partial charge >= 0.3 is 0 Å². The van der Waals surface area contributed by atoms with E-state index in [0.29, 0.717) is 5.92 Å². The zero-order valence-electron chi connectivity index (χ0n) is 12.2. The van der Waals surface area contributed by atoms with Crippen LogP contribution in [0.2, 0.25) is 0 Å². The van der Waals surface area contributed by atoms with Gasteiger partial charge in [-0.1, -0.05) is 19.9 Å². The molecule has 2 aromatic heterocycles. The van der Waals surface area contributed by atoms with E-state index in [1.807, 2.05) is 17.5 Å². The number of nitrogens with one attached hydrogen (secondary N) is 2. The molecule has 0 aliphatic rings. The maximum Gasteiger partial charge on any atom is 0.287 e. The number of rotatable bonds is 7. The first-order chi connectivity index (χ1) is 10.5. The van der Waals surface area contributed by atoms with E-state index in [0.717, 1.165) is 11.3 Å². The molecule has 0 saturated heterocycles. The lowest BCUT2D eigenvalue weighted by molar-refractivity contribution is 0.0905. The normalized spacial score (nSPS) is 13.8. The minimum Gasteiger partial charge on any atom is -0.435 e. The highest BCUT2D eigenvalue weighted by Crippen LogP contribution is 2.26. The van der Waals surface area contributed by atoms with Gasteiger partial charge in [0, 0.05) is 10.9 Å². The Labute approximate surface area is 135 Å². The summed E-state index contributed by atoms with van der Waals surface area (Å²) in [6.45, 7) is 4.19. The Morgan fingerprint density at radius 2 is 2.18 bits per heavy atom. The molecule has 6 nitrogen and oxygen atoms in total. The summed E-state index contributed by atoms with van der Waals surface area (Å²) in [7, 11) is 0. The molecule has 2 rings (SSSR count). The van der Waals surface area contributed by atoms with Crippen LogP contribution >= 0.6 is 11.3 Å². The lowest BCUT2D eigenvalue weighted by atomic mass is 10.0. The van der Waals surface area contributed by atoms with Crippen LogP contribution in [0.4, 0.5) is 5.88 Å². The fourth-order valence-electron chi connectivity index (χ4n) is 2.04. The van der Waals surface area contributed by atoms with Crippen molar-refractivity contribution in [3.8, 4) is 0 Å². The van der Waals surface area contributed by atoms with Crippen LogP contribution in [0.5, 0.6) is 0 Å². The van der Waals surface area contributed by atoms with E-state index >= 15 is 0 Å². The summed E-state index contributed by atoms with van der Waals surface area (Å²) in [5.74, 6) is 0.245. The van der Waals surface area contributed by atoms with Gasteiger partial charge < -0.3 is 9.73 Å². The van der Waals surface area contributed by atoms with Gasteiger partial charge in [-0.05, 0) is 29.9 Å². The molecular weight excluding hydrogens is 324 g/mol. The van der Waals surface area contributed by atoms with Crippen LogP contribution in [0.15, 0.2) is 34.1 Å². The fourth-order valence-corrected chi connectivity index (χ4v) is 3.11. The number of carbonyl (C=O) groups excluding carboxylic acids is 1. The number of carbonyl (C=O) groups is 1. The quantitative estimate of drug-likeness (QED) is 0.672. The summed E-state index contributed by atoms with van der Waals surface area (Å²) in [5, 5.41) is 4.92. The Bertz CT molecular complexity index is 637. The molecule has 0 aliphatic heterocycles. The van der Waals surface area contributed by atoms with Gasteiger partial charge in [-0.2, -0.15) is 0 Å². The molecule has 2 atom stereocenters. The Kier molecular flexibility index (Phi) is 5.76. The zero-order chi connectivity index (χ0) is 16.1. The Morgan fingerprint density at radius 3 is 2.77 bits per heavy atom. The fraction of sp³-hybridized carbons (Fsp3) is 0.357. The largest absolute Gasteiger partial charge is 0.435 e. The summed E-state index contributed by atoms with van der Waals surface area (Å²) < 4.78 is 26.8. The standard InChI is InChI=1S/C14H18N2O4S2/c1-9(2)8-10(12-4-3-7-21-12)15-14(17)11-5-6-13(20-11)16-22(18)19/h3-7,9-10,16H,8H2,1-2H3,(H,15,17)(H,18,19).